The van der Waals surface area contributed by atoms with Crippen LogP contribution in [-0.4, -0.2) is 10.9 Å². The summed E-state index contributed by atoms with van der Waals surface area (Å²) in [5.74, 6) is 7.24. The van der Waals surface area contributed by atoms with Crippen LogP contribution >= 0.6 is 11.6 Å². The average molecular weight is 280 g/mol. The summed E-state index contributed by atoms with van der Waals surface area (Å²) in [6.45, 7) is 0. The quantitative estimate of drug-likeness (QED) is 0.764. The van der Waals surface area contributed by atoms with E-state index >= 15 is 0 Å². The molecule has 2 nitrogen and oxygen atoms in total. The van der Waals surface area contributed by atoms with Gasteiger partial charge < -0.3 is 4.42 Å². The highest BCUT2D eigenvalue weighted by molar-refractivity contribution is 6.17. The molecule has 0 aliphatic heterocycles. The van der Waals surface area contributed by atoms with Gasteiger partial charge in [-0.2, -0.15) is 0 Å². The van der Waals surface area contributed by atoms with Gasteiger partial charge in [-0.3, -0.25) is 0 Å². The standard InChI is InChI=1S/C16H22ClNO/c17-3-1-2-15-18-9-14(19-15)16-12-5-10-4-11(7-12)8-13(16)6-10/h9-13,16H,1-8H2. The van der Waals surface area contributed by atoms with Crippen LogP contribution in [-0.2, 0) is 6.42 Å². The molecule has 0 amide bonds. The Labute approximate surface area is 119 Å². The van der Waals surface area contributed by atoms with Gasteiger partial charge in [-0.25, -0.2) is 4.98 Å². The van der Waals surface area contributed by atoms with E-state index in [0.717, 1.165) is 42.4 Å². The molecular formula is C16H22ClNO. The van der Waals surface area contributed by atoms with Gasteiger partial charge in [0.05, 0.1) is 6.20 Å². The Morgan fingerprint density at radius 1 is 1.11 bits per heavy atom. The maximum absolute atomic E-state index is 6.04. The van der Waals surface area contributed by atoms with Crippen LogP contribution in [0.25, 0.3) is 0 Å². The van der Waals surface area contributed by atoms with Crippen molar-refractivity contribution in [2.24, 2.45) is 23.7 Å². The van der Waals surface area contributed by atoms with E-state index in [4.69, 9.17) is 16.0 Å². The van der Waals surface area contributed by atoms with Crippen molar-refractivity contribution in [2.45, 2.75) is 50.9 Å². The molecule has 1 heterocycles. The molecule has 0 saturated heterocycles. The van der Waals surface area contributed by atoms with Crippen molar-refractivity contribution < 1.29 is 4.42 Å². The van der Waals surface area contributed by atoms with Crippen molar-refractivity contribution in [1.29, 1.82) is 0 Å². The molecule has 4 bridgehead atoms. The smallest absolute Gasteiger partial charge is 0.194 e. The van der Waals surface area contributed by atoms with Crippen molar-refractivity contribution in [1.82, 2.24) is 4.98 Å². The normalized spacial score (nSPS) is 39.9. The van der Waals surface area contributed by atoms with Gasteiger partial charge in [0.15, 0.2) is 5.89 Å². The topological polar surface area (TPSA) is 26.0 Å². The van der Waals surface area contributed by atoms with Crippen molar-refractivity contribution in [3.8, 4) is 0 Å². The molecule has 1 aromatic rings. The molecule has 0 spiro atoms. The van der Waals surface area contributed by atoms with Crippen molar-refractivity contribution in [3.05, 3.63) is 17.8 Å². The molecule has 0 radical (unpaired) electrons. The lowest BCUT2D eigenvalue weighted by Gasteiger charge is -2.53. The molecule has 5 rings (SSSR count). The lowest BCUT2D eigenvalue weighted by atomic mass is 9.51. The number of nitrogens with zero attached hydrogens (tertiary/aromatic N) is 1. The Balaban J connectivity index is 1.54. The fourth-order valence-electron chi connectivity index (χ4n) is 5.20. The van der Waals surface area contributed by atoms with Crippen LogP contribution < -0.4 is 0 Å². The van der Waals surface area contributed by atoms with Crippen molar-refractivity contribution in [3.63, 3.8) is 0 Å². The molecule has 3 heteroatoms. The Hall–Kier alpha value is -0.500. The van der Waals surface area contributed by atoms with Gasteiger partial charge in [0.2, 0.25) is 0 Å². The van der Waals surface area contributed by atoms with Gasteiger partial charge in [0, 0.05) is 18.2 Å². The van der Waals surface area contributed by atoms with E-state index in [1.165, 1.54) is 37.9 Å². The Morgan fingerprint density at radius 3 is 2.42 bits per heavy atom. The SMILES string of the molecule is ClCCCc1ncc(C2C3CC4CC(C3)CC2C4)o1. The van der Waals surface area contributed by atoms with Crippen LogP contribution in [0.3, 0.4) is 0 Å². The molecule has 1 aromatic heterocycles. The third kappa shape index (κ3) is 2.12. The molecule has 104 valence electrons. The van der Waals surface area contributed by atoms with E-state index < -0.39 is 0 Å². The van der Waals surface area contributed by atoms with E-state index in [1.54, 1.807) is 0 Å². The van der Waals surface area contributed by atoms with Gasteiger partial charge in [-0.05, 0) is 62.2 Å². The zero-order valence-electron chi connectivity index (χ0n) is 11.4. The first-order valence-electron chi connectivity index (χ1n) is 7.84. The maximum Gasteiger partial charge on any atom is 0.194 e. The molecule has 0 unspecified atom stereocenters. The third-order valence-corrected chi connectivity index (χ3v) is 5.92. The van der Waals surface area contributed by atoms with E-state index in [0.29, 0.717) is 11.8 Å². The molecule has 19 heavy (non-hydrogen) atoms. The van der Waals surface area contributed by atoms with Crippen LogP contribution in [0.2, 0.25) is 0 Å². The Bertz CT molecular complexity index is 427. The fraction of sp³-hybridized carbons (Fsp3) is 0.812. The van der Waals surface area contributed by atoms with Gasteiger partial charge in [-0.1, -0.05) is 0 Å². The van der Waals surface area contributed by atoms with Crippen LogP contribution in [0.15, 0.2) is 10.6 Å². The van der Waals surface area contributed by atoms with E-state index in [2.05, 4.69) is 4.98 Å². The number of hydrogen-bond acceptors (Lipinski definition) is 2. The predicted octanol–water partition coefficient (Wildman–Crippen LogP) is 4.39. The highest BCUT2D eigenvalue weighted by atomic mass is 35.5. The number of aromatic nitrogens is 1. The lowest BCUT2D eigenvalue weighted by molar-refractivity contribution is -0.00991. The van der Waals surface area contributed by atoms with Crippen LogP contribution in [0, 0.1) is 23.7 Å². The zero-order chi connectivity index (χ0) is 12.8. The monoisotopic (exact) mass is 279 g/mol. The first-order valence-corrected chi connectivity index (χ1v) is 8.37. The van der Waals surface area contributed by atoms with Gasteiger partial charge >= 0.3 is 0 Å². The Kier molecular flexibility index (Phi) is 3.10. The summed E-state index contributed by atoms with van der Waals surface area (Å²) in [4.78, 5) is 4.46. The molecule has 4 aliphatic carbocycles. The first-order chi connectivity index (χ1) is 9.33. The minimum absolute atomic E-state index is 0.671. The summed E-state index contributed by atoms with van der Waals surface area (Å²) >= 11 is 5.74. The van der Waals surface area contributed by atoms with Crippen LogP contribution in [0.1, 0.15) is 56.1 Å². The van der Waals surface area contributed by atoms with Crippen molar-refractivity contribution in [2.75, 3.05) is 5.88 Å². The van der Waals surface area contributed by atoms with E-state index in [-0.39, 0.29) is 0 Å². The Morgan fingerprint density at radius 2 is 1.79 bits per heavy atom. The molecular weight excluding hydrogens is 258 g/mol. The molecule has 0 N–H and O–H groups in total. The lowest BCUT2D eigenvalue weighted by Crippen LogP contribution is -2.43. The van der Waals surface area contributed by atoms with Crippen LogP contribution in [0.4, 0.5) is 0 Å². The van der Waals surface area contributed by atoms with Gasteiger partial charge in [-0.15, -0.1) is 11.6 Å². The van der Waals surface area contributed by atoms with E-state index in [9.17, 15) is 0 Å². The minimum atomic E-state index is 0.671. The molecule has 0 aromatic carbocycles. The average Bonchev–Trinajstić information content (AvgIpc) is 2.83. The summed E-state index contributed by atoms with van der Waals surface area (Å²) in [6.07, 6.45) is 11.1. The second-order valence-corrected chi connectivity index (χ2v) is 7.28. The highest BCUT2D eigenvalue weighted by Gasteiger charge is 2.49. The third-order valence-electron chi connectivity index (χ3n) is 5.65. The van der Waals surface area contributed by atoms with Crippen LogP contribution in [0.5, 0.6) is 0 Å². The molecule has 0 atom stereocenters. The molecule has 4 fully saturated rings. The number of alkyl halides is 1. The first kappa shape index (κ1) is 12.3. The summed E-state index contributed by atoms with van der Waals surface area (Å²) < 4.78 is 6.04. The molecule has 4 aliphatic rings. The number of aryl methyl sites for hydroxylation is 1. The fourth-order valence-corrected chi connectivity index (χ4v) is 5.34. The number of halogens is 1. The van der Waals surface area contributed by atoms with Gasteiger partial charge in [0.1, 0.15) is 5.76 Å². The maximum atomic E-state index is 6.04. The minimum Gasteiger partial charge on any atom is -0.445 e. The summed E-state index contributed by atoms with van der Waals surface area (Å²) in [7, 11) is 0. The second kappa shape index (κ2) is 4.80. The summed E-state index contributed by atoms with van der Waals surface area (Å²) in [6, 6.07) is 0. The summed E-state index contributed by atoms with van der Waals surface area (Å²) in [5, 5.41) is 0. The zero-order valence-corrected chi connectivity index (χ0v) is 12.1. The predicted molar refractivity (Wildman–Crippen MR) is 75.3 cm³/mol. The number of hydrogen-bond donors (Lipinski definition) is 0. The number of rotatable bonds is 4. The highest BCUT2D eigenvalue weighted by Crippen LogP contribution is 2.59. The van der Waals surface area contributed by atoms with Gasteiger partial charge in [0.25, 0.3) is 0 Å². The molecule has 4 saturated carbocycles. The van der Waals surface area contributed by atoms with Crippen molar-refractivity contribution >= 4 is 11.6 Å². The van der Waals surface area contributed by atoms with E-state index in [1.807, 2.05) is 6.20 Å². The number of oxazole rings is 1. The second-order valence-electron chi connectivity index (χ2n) is 6.91. The summed E-state index contributed by atoms with van der Waals surface area (Å²) in [5.41, 5.74) is 0. The largest absolute Gasteiger partial charge is 0.445 e.